The molecule has 9 nitrogen and oxygen atoms in total. The molecule has 11 heteroatoms. The van der Waals surface area contributed by atoms with Crippen molar-refractivity contribution in [1.82, 2.24) is 4.31 Å². The van der Waals surface area contributed by atoms with Crippen molar-refractivity contribution < 1.29 is 21.8 Å². The van der Waals surface area contributed by atoms with E-state index in [-0.39, 0.29) is 21.2 Å². The molecular formula is C20H25N3O6S2. The molecule has 0 amide bonds. The Morgan fingerprint density at radius 2 is 1.55 bits per heavy atom. The molecule has 0 saturated carbocycles. The van der Waals surface area contributed by atoms with Crippen molar-refractivity contribution in [3.63, 3.8) is 0 Å². The van der Waals surface area contributed by atoms with Gasteiger partial charge in [-0.15, -0.1) is 0 Å². The van der Waals surface area contributed by atoms with E-state index in [4.69, 9.17) is 0 Å². The minimum atomic E-state index is -4.19. The molecule has 0 radical (unpaired) electrons. The third kappa shape index (κ3) is 4.73. The van der Waals surface area contributed by atoms with Gasteiger partial charge in [0.15, 0.2) is 0 Å². The first-order valence-corrected chi connectivity index (χ1v) is 12.7. The second-order valence-corrected chi connectivity index (χ2v) is 11.3. The van der Waals surface area contributed by atoms with Gasteiger partial charge in [0.1, 0.15) is 0 Å². The highest BCUT2D eigenvalue weighted by atomic mass is 32.2. The number of benzene rings is 2. The third-order valence-electron chi connectivity index (χ3n) is 5.48. The molecule has 1 aliphatic rings. The van der Waals surface area contributed by atoms with Crippen LogP contribution >= 0.6 is 0 Å². The van der Waals surface area contributed by atoms with Crippen molar-refractivity contribution >= 4 is 31.4 Å². The lowest BCUT2D eigenvalue weighted by Gasteiger charge is -2.26. The lowest BCUT2D eigenvalue weighted by molar-refractivity contribution is -0.385. The van der Waals surface area contributed by atoms with Crippen molar-refractivity contribution in [2.24, 2.45) is 0 Å². The Bertz CT molecular complexity index is 1230. The standard InChI is InChI=1S/C20H25N3O6S2/c1-14-7-8-17(12-19(14)31(28,29)22-9-5-4-6-10-22)21-30(26,27)20-13-18(23(24)25)11-15(2)16(20)3/h7-8,11-13,21H,4-6,9-10H2,1-3H3. The predicted molar refractivity (Wildman–Crippen MR) is 117 cm³/mol. The summed E-state index contributed by atoms with van der Waals surface area (Å²) < 4.78 is 56.0. The van der Waals surface area contributed by atoms with Crippen LogP contribution in [0.3, 0.4) is 0 Å². The predicted octanol–water partition coefficient (Wildman–Crippen LogP) is 3.50. The van der Waals surface area contributed by atoms with E-state index in [2.05, 4.69) is 4.72 Å². The zero-order valence-corrected chi connectivity index (χ0v) is 19.2. The number of nitro groups is 1. The number of non-ortho nitro benzene ring substituents is 1. The second-order valence-electron chi connectivity index (χ2n) is 7.69. The molecule has 1 fully saturated rings. The number of hydrogen-bond donors (Lipinski definition) is 1. The van der Waals surface area contributed by atoms with E-state index in [1.807, 2.05) is 0 Å². The molecule has 0 spiro atoms. The van der Waals surface area contributed by atoms with Gasteiger partial charge in [0.25, 0.3) is 15.7 Å². The number of nitrogens with zero attached hydrogens (tertiary/aromatic N) is 2. The Labute approximate surface area is 182 Å². The van der Waals surface area contributed by atoms with Crippen LogP contribution in [0.15, 0.2) is 40.1 Å². The van der Waals surface area contributed by atoms with Crippen molar-refractivity contribution in [2.45, 2.75) is 49.8 Å². The minimum absolute atomic E-state index is 0.0431. The van der Waals surface area contributed by atoms with Gasteiger partial charge >= 0.3 is 0 Å². The summed E-state index contributed by atoms with van der Waals surface area (Å²) in [4.78, 5) is 10.3. The molecule has 0 atom stereocenters. The second kappa shape index (κ2) is 8.56. The molecule has 168 valence electrons. The van der Waals surface area contributed by atoms with E-state index in [0.29, 0.717) is 29.8 Å². The molecule has 0 bridgehead atoms. The normalized spacial score (nSPS) is 15.6. The fourth-order valence-corrected chi connectivity index (χ4v) is 6.74. The van der Waals surface area contributed by atoms with Gasteiger partial charge in [0, 0.05) is 25.2 Å². The Hall–Kier alpha value is -2.50. The molecule has 0 unspecified atom stereocenters. The monoisotopic (exact) mass is 467 g/mol. The maximum absolute atomic E-state index is 13.1. The number of piperidine rings is 1. The highest BCUT2D eigenvalue weighted by Crippen LogP contribution is 2.30. The number of sulfonamides is 2. The van der Waals surface area contributed by atoms with Gasteiger partial charge in [-0.05, 0) is 62.4 Å². The number of nitrogens with one attached hydrogen (secondary N) is 1. The fraction of sp³-hybridized carbons (Fsp3) is 0.400. The van der Waals surface area contributed by atoms with Gasteiger partial charge in [0.2, 0.25) is 10.0 Å². The van der Waals surface area contributed by atoms with E-state index >= 15 is 0 Å². The number of nitro benzene ring substituents is 1. The molecule has 0 aromatic heterocycles. The van der Waals surface area contributed by atoms with Crippen LogP contribution in [0.25, 0.3) is 0 Å². The summed E-state index contributed by atoms with van der Waals surface area (Å²) in [7, 11) is -7.94. The Balaban J connectivity index is 2.00. The smallest absolute Gasteiger partial charge is 0.271 e. The maximum Gasteiger partial charge on any atom is 0.271 e. The van der Waals surface area contributed by atoms with E-state index in [1.54, 1.807) is 26.8 Å². The molecule has 2 aromatic rings. The van der Waals surface area contributed by atoms with E-state index in [0.717, 1.165) is 25.3 Å². The summed E-state index contributed by atoms with van der Waals surface area (Å²) in [5.74, 6) is 0. The molecule has 31 heavy (non-hydrogen) atoms. The quantitative estimate of drug-likeness (QED) is 0.512. The summed E-state index contributed by atoms with van der Waals surface area (Å²) >= 11 is 0. The fourth-order valence-electron chi connectivity index (χ4n) is 3.59. The van der Waals surface area contributed by atoms with Crippen LogP contribution in [0.5, 0.6) is 0 Å². The zero-order valence-electron chi connectivity index (χ0n) is 17.6. The van der Waals surface area contributed by atoms with Gasteiger partial charge in [0.05, 0.1) is 20.4 Å². The highest BCUT2D eigenvalue weighted by molar-refractivity contribution is 7.92. The first kappa shape index (κ1) is 23.2. The van der Waals surface area contributed by atoms with Crippen LogP contribution in [0.2, 0.25) is 0 Å². The Kier molecular flexibility index (Phi) is 6.40. The molecule has 1 aliphatic heterocycles. The van der Waals surface area contributed by atoms with Gasteiger partial charge in [-0.2, -0.15) is 4.31 Å². The summed E-state index contributed by atoms with van der Waals surface area (Å²) in [5, 5.41) is 11.2. The number of rotatable bonds is 6. The lowest BCUT2D eigenvalue weighted by atomic mass is 10.1. The lowest BCUT2D eigenvalue weighted by Crippen LogP contribution is -2.36. The average molecular weight is 468 g/mol. The Morgan fingerprint density at radius 1 is 0.903 bits per heavy atom. The van der Waals surface area contributed by atoms with Crippen molar-refractivity contribution in [3.05, 3.63) is 57.1 Å². The molecule has 1 heterocycles. The van der Waals surface area contributed by atoms with Crippen LogP contribution in [0.1, 0.15) is 36.0 Å². The van der Waals surface area contributed by atoms with Crippen LogP contribution in [-0.2, 0) is 20.0 Å². The van der Waals surface area contributed by atoms with E-state index in [1.165, 1.54) is 22.5 Å². The molecular weight excluding hydrogens is 442 g/mol. The average Bonchev–Trinajstić information content (AvgIpc) is 2.71. The first-order valence-electron chi connectivity index (χ1n) is 9.83. The maximum atomic E-state index is 13.1. The van der Waals surface area contributed by atoms with Crippen LogP contribution in [0, 0.1) is 30.9 Å². The molecule has 3 rings (SSSR count). The van der Waals surface area contributed by atoms with Crippen LogP contribution < -0.4 is 4.72 Å². The van der Waals surface area contributed by atoms with Crippen molar-refractivity contribution in [2.75, 3.05) is 17.8 Å². The van der Waals surface area contributed by atoms with Crippen molar-refractivity contribution in [3.8, 4) is 0 Å². The number of aryl methyl sites for hydroxylation is 2. The summed E-state index contributed by atoms with van der Waals surface area (Å²) in [5.41, 5.74) is 1.10. The molecule has 1 saturated heterocycles. The van der Waals surface area contributed by atoms with Crippen molar-refractivity contribution in [1.29, 1.82) is 0 Å². The van der Waals surface area contributed by atoms with E-state index < -0.39 is 25.0 Å². The first-order chi connectivity index (χ1) is 14.4. The van der Waals surface area contributed by atoms with Gasteiger partial charge in [-0.3, -0.25) is 14.8 Å². The molecule has 1 N–H and O–H groups in total. The third-order valence-corrected chi connectivity index (χ3v) is 9.03. The minimum Gasteiger partial charge on any atom is -0.280 e. The van der Waals surface area contributed by atoms with Gasteiger partial charge < -0.3 is 0 Å². The molecule has 2 aromatic carbocycles. The largest absolute Gasteiger partial charge is 0.280 e. The topological polar surface area (TPSA) is 127 Å². The number of hydrogen-bond acceptors (Lipinski definition) is 6. The van der Waals surface area contributed by atoms with Gasteiger partial charge in [-0.1, -0.05) is 12.5 Å². The number of anilines is 1. The van der Waals surface area contributed by atoms with Gasteiger partial charge in [-0.25, -0.2) is 16.8 Å². The van der Waals surface area contributed by atoms with Crippen LogP contribution in [0.4, 0.5) is 11.4 Å². The van der Waals surface area contributed by atoms with E-state index in [9.17, 15) is 26.9 Å². The SMILES string of the molecule is Cc1ccc(NS(=O)(=O)c2cc([N+](=O)[O-])cc(C)c2C)cc1S(=O)(=O)N1CCCCC1. The molecule has 0 aliphatic carbocycles. The summed E-state index contributed by atoms with van der Waals surface area (Å²) in [6.07, 6.45) is 2.55. The summed E-state index contributed by atoms with van der Waals surface area (Å²) in [6.45, 7) is 5.68. The van der Waals surface area contributed by atoms with Crippen LogP contribution in [-0.4, -0.2) is 39.2 Å². The summed E-state index contributed by atoms with van der Waals surface area (Å²) in [6, 6.07) is 6.63. The zero-order chi connectivity index (χ0) is 23.0. The Morgan fingerprint density at radius 3 is 2.16 bits per heavy atom. The highest BCUT2D eigenvalue weighted by Gasteiger charge is 2.28.